The maximum absolute atomic E-state index is 11.3. The minimum Gasteiger partial charge on any atom is -0.508 e. The van der Waals surface area contributed by atoms with Gasteiger partial charge in [0.15, 0.2) is 0 Å². The van der Waals surface area contributed by atoms with Gasteiger partial charge >= 0.3 is 0 Å². The monoisotopic (exact) mass is 259 g/mol. The molecule has 0 aliphatic carbocycles. The third kappa shape index (κ3) is 1.83. The summed E-state index contributed by atoms with van der Waals surface area (Å²) in [5, 5.41) is 12.8. The highest BCUT2D eigenvalue weighted by molar-refractivity contribution is 6.34. The van der Waals surface area contributed by atoms with Gasteiger partial charge in [-0.15, -0.1) is 0 Å². The molecule has 3 nitrogen and oxygen atoms in total. The van der Waals surface area contributed by atoms with Gasteiger partial charge in [0.1, 0.15) is 5.75 Å². The number of phenols is 1. The standard InChI is InChI=1S/C14H10ClNO2/c15-12-7-13-9(6-14(18)16-13)5-11(12)8-2-1-3-10(17)4-8/h1-5,7,17H,6H2,(H,16,18). The van der Waals surface area contributed by atoms with Crippen molar-refractivity contribution in [2.75, 3.05) is 5.32 Å². The molecule has 1 aliphatic rings. The lowest BCUT2D eigenvalue weighted by atomic mass is 10.0. The van der Waals surface area contributed by atoms with Crippen LogP contribution in [0.1, 0.15) is 5.56 Å². The molecule has 0 unspecified atom stereocenters. The van der Waals surface area contributed by atoms with Gasteiger partial charge in [0.05, 0.1) is 11.4 Å². The molecule has 1 heterocycles. The molecule has 3 rings (SSSR count). The van der Waals surface area contributed by atoms with Crippen molar-refractivity contribution in [1.82, 2.24) is 0 Å². The predicted molar refractivity (Wildman–Crippen MR) is 70.9 cm³/mol. The summed E-state index contributed by atoms with van der Waals surface area (Å²) in [6, 6.07) is 10.5. The Morgan fingerprint density at radius 3 is 2.83 bits per heavy atom. The van der Waals surface area contributed by atoms with Gasteiger partial charge in [-0.05, 0) is 35.4 Å². The molecule has 0 bridgehead atoms. The zero-order valence-electron chi connectivity index (χ0n) is 9.40. The van der Waals surface area contributed by atoms with Crippen LogP contribution in [0.5, 0.6) is 5.75 Å². The van der Waals surface area contributed by atoms with E-state index in [2.05, 4.69) is 5.32 Å². The maximum atomic E-state index is 11.3. The number of phenolic OH excluding ortho intramolecular Hbond substituents is 1. The van der Waals surface area contributed by atoms with E-state index in [-0.39, 0.29) is 11.7 Å². The number of fused-ring (bicyclic) bond motifs is 1. The number of nitrogens with one attached hydrogen (secondary N) is 1. The number of hydrogen-bond acceptors (Lipinski definition) is 2. The summed E-state index contributed by atoms with van der Waals surface area (Å²) in [6.07, 6.45) is 0.373. The Hall–Kier alpha value is -2.00. The molecule has 0 atom stereocenters. The second kappa shape index (κ2) is 4.03. The number of aromatic hydroxyl groups is 1. The fraction of sp³-hybridized carbons (Fsp3) is 0.0714. The van der Waals surface area contributed by atoms with E-state index in [1.54, 1.807) is 24.3 Å². The number of hydrogen-bond donors (Lipinski definition) is 2. The van der Waals surface area contributed by atoms with Gasteiger partial charge in [0, 0.05) is 11.3 Å². The summed E-state index contributed by atoms with van der Waals surface area (Å²) in [7, 11) is 0. The summed E-state index contributed by atoms with van der Waals surface area (Å²) in [5.74, 6) is 0.174. The minimum absolute atomic E-state index is 0.0193. The second-order valence-electron chi connectivity index (χ2n) is 4.26. The molecule has 2 N–H and O–H groups in total. The van der Waals surface area contributed by atoms with Crippen molar-refractivity contribution < 1.29 is 9.90 Å². The molecule has 1 amide bonds. The van der Waals surface area contributed by atoms with Crippen LogP contribution in [0.25, 0.3) is 11.1 Å². The van der Waals surface area contributed by atoms with Crippen molar-refractivity contribution in [2.24, 2.45) is 0 Å². The number of benzene rings is 2. The van der Waals surface area contributed by atoms with Crippen LogP contribution >= 0.6 is 11.6 Å². The smallest absolute Gasteiger partial charge is 0.228 e. The van der Waals surface area contributed by atoms with Crippen LogP contribution in [0, 0.1) is 0 Å². The number of rotatable bonds is 1. The predicted octanol–water partition coefficient (Wildman–Crippen LogP) is 3.21. The van der Waals surface area contributed by atoms with Crippen molar-refractivity contribution >= 4 is 23.2 Å². The number of halogens is 1. The van der Waals surface area contributed by atoms with E-state index < -0.39 is 0 Å². The van der Waals surface area contributed by atoms with Crippen LogP contribution in [-0.4, -0.2) is 11.0 Å². The van der Waals surface area contributed by atoms with E-state index in [0.717, 1.165) is 22.4 Å². The highest BCUT2D eigenvalue weighted by atomic mass is 35.5. The largest absolute Gasteiger partial charge is 0.508 e. The van der Waals surface area contributed by atoms with E-state index >= 15 is 0 Å². The van der Waals surface area contributed by atoms with Crippen LogP contribution in [0.4, 0.5) is 5.69 Å². The van der Waals surface area contributed by atoms with E-state index in [1.807, 2.05) is 12.1 Å². The molecular weight excluding hydrogens is 250 g/mol. The molecular formula is C14H10ClNO2. The lowest BCUT2D eigenvalue weighted by molar-refractivity contribution is -0.115. The number of carbonyl (C=O) groups is 1. The zero-order valence-corrected chi connectivity index (χ0v) is 10.2. The first-order valence-corrected chi connectivity index (χ1v) is 5.93. The Labute approximate surface area is 109 Å². The van der Waals surface area contributed by atoms with Crippen molar-refractivity contribution in [1.29, 1.82) is 0 Å². The van der Waals surface area contributed by atoms with Crippen molar-refractivity contribution in [3.8, 4) is 16.9 Å². The van der Waals surface area contributed by atoms with Gasteiger partial charge in [-0.25, -0.2) is 0 Å². The van der Waals surface area contributed by atoms with Crippen LogP contribution < -0.4 is 5.32 Å². The van der Waals surface area contributed by atoms with Crippen LogP contribution in [0.2, 0.25) is 5.02 Å². The molecule has 0 radical (unpaired) electrons. The Morgan fingerprint density at radius 1 is 1.22 bits per heavy atom. The Balaban J connectivity index is 2.14. The third-order valence-electron chi connectivity index (χ3n) is 2.98. The molecule has 0 saturated carbocycles. The molecule has 0 spiro atoms. The normalized spacial score (nSPS) is 13.3. The summed E-state index contributed by atoms with van der Waals surface area (Å²) in [6.45, 7) is 0. The fourth-order valence-corrected chi connectivity index (χ4v) is 2.42. The van der Waals surface area contributed by atoms with Gasteiger partial charge in [0.2, 0.25) is 5.91 Å². The third-order valence-corrected chi connectivity index (χ3v) is 3.29. The van der Waals surface area contributed by atoms with Gasteiger partial charge < -0.3 is 10.4 Å². The summed E-state index contributed by atoms with van der Waals surface area (Å²) < 4.78 is 0. The SMILES string of the molecule is O=C1Cc2cc(-c3cccc(O)c3)c(Cl)cc2N1. The van der Waals surface area contributed by atoms with E-state index in [9.17, 15) is 9.90 Å². The quantitative estimate of drug-likeness (QED) is 0.826. The number of carbonyl (C=O) groups excluding carboxylic acids is 1. The van der Waals surface area contributed by atoms with Crippen LogP contribution in [-0.2, 0) is 11.2 Å². The topological polar surface area (TPSA) is 49.3 Å². The Morgan fingerprint density at radius 2 is 2.06 bits per heavy atom. The van der Waals surface area contributed by atoms with Gasteiger partial charge in [-0.3, -0.25) is 4.79 Å². The average molecular weight is 260 g/mol. The van der Waals surface area contributed by atoms with Crippen molar-refractivity contribution in [2.45, 2.75) is 6.42 Å². The zero-order chi connectivity index (χ0) is 12.7. The van der Waals surface area contributed by atoms with E-state index in [0.29, 0.717) is 11.4 Å². The molecule has 18 heavy (non-hydrogen) atoms. The molecule has 0 fully saturated rings. The summed E-state index contributed by atoms with van der Waals surface area (Å²) in [4.78, 5) is 11.3. The molecule has 2 aromatic carbocycles. The van der Waals surface area contributed by atoms with E-state index in [4.69, 9.17) is 11.6 Å². The highest BCUT2D eigenvalue weighted by Crippen LogP contribution is 2.36. The molecule has 4 heteroatoms. The first-order valence-electron chi connectivity index (χ1n) is 5.55. The van der Waals surface area contributed by atoms with Crippen molar-refractivity contribution in [3.63, 3.8) is 0 Å². The van der Waals surface area contributed by atoms with Gasteiger partial charge in [-0.1, -0.05) is 23.7 Å². The molecule has 0 aromatic heterocycles. The molecule has 90 valence electrons. The van der Waals surface area contributed by atoms with Crippen LogP contribution in [0.15, 0.2) is 36.4 Å². The van der Waals surface area contributed by atoms with Crippen molar-refractivity contribution in [3.05, 3.63) is 47.0 Å². The first kappa shape index (κ1) is 11.1. The Kier molecular flexibility index (Phi) is 2.49. The average Bonchev–Trinajstić information content (AvgIpc) is 2.67. The Bertz CT molecular complexity index is 652. The highest BCUT2D eigenvalue weighted by Gasteiger charge is 2.20. The van der Waals surface area contributed by atoms with Gasteiger partial charge in [0.25, 0.3) is 0 Å². The molecule has 0 saturated heterocycles. The van der Waals surface area contributed by atoms with Gasteiger partial charge in [-0.2, -0.15) is 0 Å². The molecule has 2 aromatic rings. The summed E-state index contributed by atoms with van der Waals surface area (Å²) >= 11 is 6.21. The molecule has 1 aliphatic heterocycles. The van der Waals surface area contributed by atoms with Crippen LogP contribution in [0.3, 0.4) is 0 Å². The number of amides is 1. The van der Waals surface area contributed by atoms with E-state index in [1.165, 1.54) is 0 Å². The second-order valence-corrected chi connectivity index (χ2v) is 4.67. The first-order chi connectivity index (χ1) is 8.63. The summed E-state index contributed by atoms with van der Waals surface area (Å²) in [5.41, 5.74) is 3.36. The fourth-order valence-electron chi connectivity index (χ4n) is 2.14. The minimum atomic E-state index is -0.0193. The maximum Gasteiger partial charge on any atom is 0.228 e. The lowest BCUT2D eigenvalue weighted by Gasteiger charge is -2.08. The lowest BCUT2D eigenvalue weighted by Crippen LogP contribution is -2.03. The number of anilines is 1.